The maximum absolute atomic E-state index is 10.8. The molecule has 0 amide bonds. The van der Waals surface area contributed by atoms with Crippen molar-refractivity contribution in [1.82, 2.24) is 6.15 Å². The van der Waals surface area contributed by atoms with E-state index in [0.717, 1.165) is 5.56 Å². The van der Waals surface area contributed by atoms with Gasteiger partial charge in [-0.1, -0.05) is 12.1 Å². The van der Waals surface area contributed by atoms with Crippen LogP contribution < -0.4 is 6.15 Å². The van der Waals surface area contributed by atoms with Crippen molar-refractivity contribution >= 4 is 10.1 Å². The zero-order chi connectivity index (χ0) is 12.1. The maximum atomic E-state index is 10.8. The summed E-state index contributed by atoms with van der Waals surface area (Å²) in [4.78, 5) is -0.0116. The molecule has 16 heavy (non-hydrogen) atoms. The zero-order valence-corrected chi connectivity index (χ0v) is 10.6. The highest BCUT2D eigenvalue weighted by molar-refractivity contribution is 7.85. The first-order valence-electron chi connectivity index (χ1n) is 4.49. The summed E-state index contributed by atoms with van der Waals surface area (Å²) in [5.74, 6) is 0. The number of aliphatic hydroxyl groups is 1. The third-order valence-corrected chi connectivity index (χ3v) is 2.83. The molecule has 0 spiro atoms. The fourth-order valence-electron chi connectivity index (χ4n) is 1.00. The molecule has 0 aromatic heterocycles. The van der Waals surface area contributed by atoms with Crippen molar-refractivity contribution in [2.24, 2.45) is 0 Å². The molecule has 0 fully saturated rings. The van der Waals surface area contributed by atoms with E-state index in [1.165, 1.54) is 6.07 Å². The van der Waals surface area contributed by atoms with Gasteiger partial charge in [0.1, 0.15) is 0 Å². The van der Waals surface area contributed by atoms with Crippen LogP contribution in [0.4, 0.5) is 0 Å². The molecule has 1 aromatic carbocycles. The molecule has 0 radical (unpaired) electrons. The molecule has 6 heteroatoms. The number of rotatable bonds is 1. The molecule has 5 N–H and O–H groups in total. The Kier molecular flexibility index (Phi) is 8.01. The lowest BCUT2D eigenvalue weighted by molar-refractivity contribution is 0.318. The van der Waals surface area contributed by atoms with E-state index in [2.05, 4.69) is 0 Å². The van der Waals surface area contributed by atoms with Crippen molar-refractivity contribution in [3.05, 3.63) is 29.3 Å². The van der Waals surface area contributed by atoms with Gasteiger partial charge < -0.3 is 11.3 Å². The molecule has 0 atom stereocenters. The van der Waals surface area contributed by atoms with Gasteiger partial charge in [-0.25, -0.2) is 0 Å². The van der Waals surface area contributed by atoms with Crippen LogP contribution in [0.1, 0.15) is 18.1 Å². The van der Waals surface area contributed by atoms with Crippen LogP contribution in [0.2, 0.25) is 0 Å². The molecular formula is C10H19NO4S. The summed E-state index contributed by atoms with van der Waals surface area (Å²) >= 11 is 0. The Morgan fingerprint density at radius 1 is 1.25 bits per heavy atom. The lowest BCUT2D eigenvalue weighted by atomic mass is 10.1. The molecule has 1 aromatic rings. The quantitative estimate of drug-likeness (QED) is 0.656. The van der Waals surface area contributed by atoms with Crippen LogP contribution in [0, 0.1) is 13.8 Å². The highest BCUT2D eigenvalue weighted by Crippen LogP contribution is 2.17. The second-order valence-electron chi connectivity index (χ2n) is 2.99. The normalized spacial score (nSPS) is 9.81. The van der Waals surface area contributed by atoms with Crippen LogP contribution >= 0.6 is 0 Å². The van der Waals surface area contributed by atoms with Crippen LogP contribution in [0.3, 0.4) is 0 Å². The molecule has 0 aliphatic heterocycles. The Morgan fingerprint density at radius 3 is 2.00 bits per heavy atom. The number of aliphatic hydroxyl groups excluding tert-OH is 1. The third kappa shape index (κ3) is 5.22. The van der Waals surface area contributed by atoms with E-state index in [4.69, 9.17) is 9.66 Å². The molecule has 0 bridgehead atoms. The Hall–Kier alpha value is -0.950. The van der Waals surface area contributed by atoms with Gasteiger partial charge >= 0.3 is 0 Å². The van der Waals surface area contributed by atoms with Crippen molar-refractivity contribution in [2.45, 2.75) is 25.7 Å². The topological polar surface area (TPSA) is 110 Å². The Morgan fingerprint density at radius 2 is 1.69 bits per heavy atom. The summed E-state index contributed by atoms with van der Waals surface area (Å²) in [6.07, 6.45) is 0. The molecule has 0 saturated heterocycles. The predicted octanol–water partition coefficient (Wildman–Crippen LogP) is 1.71. The average Bonchev–Trinajstić information content (AvgIpc) is 2.09. The number of hydrogen-bond donors (Lipinski definition) is 3. The van der Waals surface area contributed by atoms with Gasteiger partial charge in [0.05, 0.1) is 4.90 Å². The molecule has 0 aliphatic carbocycles. The van der Waals surface area contributed by atoms with E-state index in [9.17, 15) is 8.42 Å². The minimum absolute atomic E-state index is 0. The molecule has 0 saturated carbocycles. The van der Waals surface area contributed by atoms with Gasteiger partial charge in [0.25, 0.3) is 10.1 Å². The summed E-state index contributed by atoms with van der Waals surface area (Å²) in [5.41, 5.74) is 1.45. The van der Waals surface area contributed by atoms with Crippen LogP contribution in [0.15, 0.2) is 23.1 Å². The third-order valence-electron chi connectivity index (χ3n) is 1.83. The van der Waals surface area contributed by atoms with Gasteiger partial charge in [0, 0.05) is 6.61 Å². The van der Waals surface area contributed by atoms with Crippen molar-refractivity contribution in [3.63, 3.8) is 0 Å². The Bertz CT molecular complexity index is 415. The predicted molar refractivity (Wildman–Crippen MR) is 63.5 cm³/mol. The minimum atomic E-state index is -4.06. The van der Waals surface area contributed by atoms with Crippen LogP contribution in [-0.4, -0.2) is 24.7 Å². The monoisotopic (exact) mass is 249 g/mol. The highest BCUT2D eigenvalue weighted by Gasteiger charge is 2.12. The standard InChI is InChI=1S/C8H10O3S.C2H6O.H3N/c1-6-4-3-5-8(7(6)2)12(9,10)11;1-2-3;/h3-5H,1-2H3,(H,9,10,11);3H,2H2,1H3;1H3. The van der Waals surface area contributed by atoms with E-state index in [1.54, 1.807) is 32.9 Å². The number of hydrogen-bond acceptors (Lipinski definition) is 4. The van der Waals surface area contributed by atoms with Gasteiger partial charge in [-0.2, -0.15) is 8.42 Å². The van der Waals surface area contributed by atoms with Gasteiger partial charge in [0.2, 0.25) is 0 Å². The summed E-state index contributed by atoms with van der Waals surface area (Å²) < 4.78 is 30.3. The Labute approximate surface area is 96.5 Å². The first kappa shape index (κ1) is 17.4. The summed E-state index contributed by atoms with van der Waals surface area (Å²) in [7, 11) is -4.06. The smallest absolute Gasteiger partial charge is 0.294 e. The number of aryl methyl sites for hydroxylation is 1. The highest BCUT2D eigenvalue weighted by atomic mass is 32.2. The molecule has 0 heterocycles. The van der Waals surface area contributed by atoms with Crippen molar-refractivity contribution in [1.29, 1.82) is 0 Å². The van der Waals surface area contributed by atoms with Gasteiger partial charge in [-0.05, 0) is 38.0 Å². The summed E-state index contributed by atoms with van der Waals surface area (Å²) in [5, 5.41) is 7.57. The van der Waals surface area contributed by atoms with Crippen LogP contribution in [0.25, 0.3) is 0 Å². The van der Waals surface area contributed by atoms with Gasteiger partial charge in [-0.3, -0.25) is 4.55 Å². The summed E-state index contributed by atoms with van der Waals surface area (Å²) in [6.45, 7) is 5.39. The summed E-state index contributed by atoms with van der Waals surface area (Å²) in [6, 6.07) is 4.78. The fourth-order valence-corrected chi connectivity index (χ4v) is 1.80. The minimum Gasteiger partial charge on any atom is -0.397 e. The van der Waals surface area contributed by atoms with Crippen molar-refractivity contribution in [3.8, 4) is 0 Å². The molecule has 0 aliphatic rings. The Balaban J connectivity index is 0. The number of benzene rings is 1. The molecule has 1 rings (SSSR count). The maximum Gasteiger partial charge on any atom is 0.294 e. The molecule has 94 valence electrons. The van der Waals surface area contributed by atoms with Crippen molar-refractivity contribution in [2.75, 3.05) is 6.61 Å². The van der Waals surface area contributed by atoms with Gasteiger partial charge in [0.15, 0.2) is 0 Å². The first-order chi connectivity index (χ1) is 6.84. The van der Waals surface area contributed by atoms with E-state index < -0.39 is 10.1 Å². The van der Waals surface area contributed by atoms with Crippen molar-refractivity contribution < 1.29 is 18.1 Å². The lowest BCUT2D eigenvalue weighted by Crippen LogP contribution is -2.01. The second kappa shape index (κ2) is 7.34. The van der Waals surface area contributed by atoms with E-state index in [0.29, 0.717) is 5.56 Å². The van der Waals surface area contributed by atoms with E-state index in [1.807, 2.05) is 0 Å². The van der Waals surface area contributed by atoms with Gasteiger partial charge in [-0.15, -0.1) is 0 Å². The molecule has 5 nitrogen and oxygen atoms in total. The fraction of sp³-hybridized carbons (Fsp3) is 0.400. The largest absolute Gasteiger partial charge is 0.397 e. The van der Waals surface area contributed by atoms with E-state index in [-0.39, 0.29) is 17.7 Å². The average molecular weight is 249 g/mol. The first-order valence-corrected chi connectivity index (χ1v) is 5.93. The SMILES string of the molecule is CCO.Cc1cccc(S(=O)(=O)O)c1C.N. The zero-order valence-electron chi connectivity index (χ0n) is 9.77. The molecular weight excluding hydrogens is 230 g/mol. The second-order valence-corrected chi connectivity index (χ2v) is 4.38. The van der Waals surface area contributed by atoms with E-state index >= 15 is 0 Å². The molecule has 0 unspecified atom stereocenters. The van der Waals surface area contributed by atoms with Crippen LogP contribution in [-0.2, 0) is 10.1 Å². The van der Waals surface area contributed by atoms with Crippen LogP contribution in [0.5, 0.6) is 0 Å². The lowest BCUT2D eigenvalue weighted by Gasteiger charge is -2.03.